The zero-order valence-corrected chi connectivity index (χ0v) is 12.4. The lowest BCUT2D eigenvalue weighted by atomic mass is 10.1. The smallest absolute Gasteiger partial charge is 0.255 e. The third kappa shape index (κ3) is 3.38. The fourth-order valence-electron chi connectivity index (χ4n) is 1.80. The van der Waals surface area contributed by atoms with Gasteiger partial charge in [-0.05, 0) is 36.4 Å². The Balaban J connectivity index is 2.21. The summed E-state index contributed by atoms with van der Waals surface area (Å²) in [4.78, 5) is 12.2. The third-order valence-corrected chi connectivity index (χ3v) is 3.24. The molecule has 0 radical (unpaired) electrons. The maximum absolute atomic E-state index is 12.2. The Morgan fingerprint density at radius 3 is 2.43 bits per heavy atom. The lowest BCUT2D eigenvalue weighted by Crippen LogP contribution is -2.12. The number of nitrogens with one attached hydrogen (secondary N) is 1. The highest BCUT2D eigenvalue weighted by molar-refractivity contribution is 6.33. The standard InChI is InChI=1S/C15H15ClN2O3/c1-20-13-6-3-9(7-14(13)21-2)15(19)18-10-4-5-11(16)12(17)8-10/h3-8H,17H2,1-2H3,(H,18,19). The van der Waals surface area contributed by atoms with Crippen LogP contribution in [0, 0.1) is 0 Å². The Morgan fingerprint density at radius 2 is 1.81 bits per heavy atom. The van der Waals surface area contributed by atoms with Crippen LogP contribution < -0.4 is 20.5 Å². The van der Waals surface area contributed by atoms with Crippen LogP contribution in [0.3, 0.4) is 0 Å². The Hall–Kier alpha value is -2.40. The van der Waals surface area contributed by atoms with E-state index < -0.39 is 0 Å². The van der Waals surface area contributed by atoms with Crippen molar-refractivity contribution >= 4 is 28.9 Å². The fraction of sp³-hybridized carbons (Fsp3) is 0.133. The first kappa shape index (κ1) is 15.0. The molecule has 0 atom stereocenters. The summed E-state index contributed by atoms with van der Waals surface area (Å²) in [5, 5.41) is 3.18. The molecule has 21 heavy (non-hydrogen) atoms. The molecule has 0 fully saturated rings. The molecular formula is C15H15ClN2O3. The molecule has 0 saturated carbocycles. The van der Waals surface area contributed by atoms with Gasteiger partial charge in [-0.2, -0.15) is 0 Å². The van der Waals surface area contributed by atoms with Gasteiger partial charge in [-0.15, -0.1) is 0 Å². The van der Waals surface area contributed by atoms with Crippen molar-refractivity contribution in [2.45, 2.75) is 0 Å². The summed E-state index contributed by atoms with van der Waals surface area (Å²) in [5.74, 6) is 0.767. The molecule has 2 aromatic rings. The molecule has 2 aromatic carbocycles. The number of hydrogen-bond donors (Lipinski definition) is 2. The number of hydrogen-bond acceptors (Lipinski definition) is 4. The normalized spacial score (nSPS) is 10.0. The number of methoxy groups -OCH3 is 2. The van der Waals surface area contributed by atoms with Gasteiger partial charge >= 0.3 is 0 Å². The lowest BCUT2D eigenvalue weighted by Gasteiger charge is -2.10. The number of rotatable bonds is 4. The average Bonchev–Trinajstić information content (AvgIpc) is 2.50. The number of amides is 1. The summed E-state index contributed by atoms with van der Waals surface area (Å²) >= 11 is 5.84. The highest BCUT2D eigenvalue weighted by Crippen LogP contribution is 2.28. The summed E-state index contributed by atoms with van der Waals surface area (Å²) in [6.45, 7) is 0. The molecule has 0 spiro atoms. The number of nitrogen functional groups attached to an aromatic ring is 1. The van der Waals surface area contributed by atoms with E-state index in [0.717, 1.165) is 0 Å². The predicted molar refractivity (Wildman–Crippen MR) is 83.4 cm³/mol. The number of halogens is 1. The first-order valence-electron chi connectivity index (χ1n) is 6.13. The van der Waals surface area contributed by atoms with Crippen molar-refractivity contribution in [1.82, 2.24) is 0 Å². The number of benzene rings is 2. The van der Waals surface area contributed by atoms with E-state index in [-0.39, 0.29) is 5.91 Å². The summed E-state index contributed by atoms with van der Waals surface area (Å²) < 4.78 is 10.3. The summed E-state index contributed by atoms with van der Waals surface area (Å²) in [6, 6.07) is 9.83. The molecule has 0 aliphatic heterocycles. The van der Waals surface area contributed by atoms with Gasteiger partial charge in [0, 0.05) is 11.3 Å². The molecular weight excluding hydrogens is 292 g/mol. The van der Waals surface area contributed by atoms with Gasteiger partial charge < -0.3 is 20.5 Å². The minimum absolute atomic E-state index is 0.280. The van der Waals surface area contributed by atoms with Gasteiger partial charge in [0.05, 0.1) is 24.9 Å². The van der Waals surface area contributed by atoms with Crippen molar-refractivity contribution in [3.8, 4) is 11.5 Å². The highest BCUT2D eigenvalue weighted by Gasteiger charge is 2.11. The third-order valence-electron chi connectivity index (χ3n) is 2.90. The Morgan fingerprint density at radius 1 is 1.10 bits per heavy atom. The molecule has 2 rings (SSSR count). The van der Waals surface area contributed by atoms with Gasteiger partial charge in [0.15, 0.2) is 11.5 Å². The van der Waals surface area contributed by atoms with E-state index in [4.69, 9.17) is 26.8 Å². The van der Waals surface area contributed by atoms with Crippen molar-refractivity contribution < 1.29 is 14.3 Å². The molecule has 0 aliphatic carbocycles. The monoisotopic (exact) mass is 306 g/mol. The number of ether oxygens (including phenoxy) is 2. The van der Waals surface area contributed by atoms with Crippen LogP contribution in [0.15, 0.2) is 36.4 Å². The van der Waals surface area contributed by atoms with Crippen molar-refractivity contribution in [2.24, 2.45) is 0 Å². The van der Waals surface area contributed by atoms with Crippen LogP contribution >= 0.6 is 11.6 Å². The molecule has 3 N–H and O–H groups in total. The minimum Gasteiger partial charge on any atom is -0.493 e. The van der Waals surface area contributed by atoms with Crippen LogP contribution in [0.1, 0.15) is 10.4 Å². The van der Waals surface area contributed by atoms with Crippen molar-refractivity contribution in [3.63, 3.8) is 0 Å². The quantitative estimate of drug-likeness (QED) is 0.851. The SMILES string of the molecule is COc1ccc(C(=O)Nc2ccc(Cl)c(N)c2)cc1OC. The second-order valence-corrected chi connectivity index (χ2v) is 4.67. The summed E-state index contributed by atoms with van der Waals surface area (Å²) in [5.41, 5.74) is 7.12. The van der Waals surface area contributed by atoms with E-state index in [9.17, 15) is 4.79 Å². The second kappa shape index (κ2) is 6.37. The van der Waals surface area contributed by atoms with Crippen LogP contribution in [0.25, 0.3) is 0 Å². The van der Waals surface area contributed by atoms with Crippen molar-refractivity contribution in [2.75, 3.05) is 25.3 Å². The zero-order valence-electron chi connectivity index (χ0n) is 11.6. The Bertz CT molecular complexity index is 674. The van der Waals surface area contributed by atoms with Crippen LogP contribution in [0.2, 0.25) is 5.02 Å². The van der Waals surface area contributed by atoms with Gasteiger partial charge in [-0.25, -0.2) is 0 Å². The van der Waals surface area contributed by atoms with Gasteiger partial charge in [-0.3, -0.25) is 4.79 Å². The maximum atomic E-state index is 12.2. The number of carbonyl (C=O) groups excluding carboxylic acids is 1. The number of carbonyl (C=O) groups is 1. The number of nitrogens with two attached hydrogens (primary N) is 1. The molecule has 5 nitrogen and oxygen atoms in total. The second-order valence-electron chi connectivity index (χ2n) is 4.26. The fourth-order valence-corrected chi connectivity index (χ4v) is 1.92. The van der Waals surface area contributed by atoms with Crippen LogP contribution in [0.4, 0.5) is 11.4 Å². The molecule has 1 amide bonds. The topological polar surface area (TPSA) is 73.6 Å². The molecule has 0 bridgehead atoms. The van der Waals surface area contributed by atoms with Gasteiger partial charge in [-0.1, -0.05) is 11.6 Å². The van der Waals surface area contributed by atoms with E-state index in [1.807, 2.05) is 0 Å². The molecule has 0 heterocycles. The van der Waals surface area contributed by atoms with Gasteiger partial charge in [0.2, 0.25) is 0 Å². The molecule has 0 saturated heterocycles. The van der Waals surface area contributed by atoms with Crippen molar-refractivity contribution in [1.29, 1.82) is 0 Å². The predicted octanol–water partition coefficient (Wildman–Crippen LogP) is 3.19. The van der Waals surface area contributed by atoms with Gasteiger partial charge in [0.1, 0.15) is 0 Å². The lowest BCUT2D eigenvalue weighted by molar-refractivity contribution is 0.102. The largest absolute Gasteiger partial charge is 0.493 e. The van der Waals surface area contributed by atoms with E-state index in [1.54, 1.807) is 36.4 Å². The first-order chi connectivity index (χ1) is 10.0. The number of anilines is 2. The van der Waals surface area contributed by atoms with E-state index in [1.165, 1.54) is 14.2 Å². The van der Waals surface area contributed by atoms with E-state index in [2.05, 4.69) is 5.32 Å². The molecule has 0 aromatic heterocycles. The molecule has 6 heteroatoms. The zero-order chi connectivity index (χ0) is 15.4. The van der Waals surface area contributed by atoms with Crippen molar-refractivity contribution in [3.05, 3.63) is 47.0 Å². The average molecular weight is 307 g/mol. The molecule has 0 unspecified atom stereocenters. The summed E-state index contributed by atoms with van der Waals surface area (Å²) in [7, 11) is 3.05. The molecule has 0 aliphatic rings. The Kier molecular flexibility index (Phi) is 4.55. The van der Waals surface area contributed by atoms with E-state index in [0.29, 0.717) is 33.5 Å². The van der Waals surface area contributed by atoms with Crippen LogP contribution in [-0.4, -0.2) is 20.1 Å². The van der Waals surface area contributed by atoms with Crippen LogP contribution in [-0.2, 0) is 0 Å². The van der Waals surface area contributed by atoms with Crippen LogP contribution in [0.5, 0.6) is 11.5 Å². The highest BCUT2D eigenvalue weighted by atomic mass is 35.5. The first-order valence-corrected chi connectivity index (χ1v) is 6.51. The summed E-state index contributed by atoms with van der Waals surface area (Å²) in [6.07, 6.45) is 0. The minimum atomic E-state index is -0.280. The van der Waals surface area contributed by atoms with E-state index >= 15 is 0 Å². The Labute approximate surface area is 127 Å². The molecule has 110 valence electrons. The maximum Gasteiger partial charge on any atom is 0.255 e. The van der Waals surface area contributed by atoms with Gasteiger partial charge in [0.25, 0.3) is 5.91 Å².